The molecule has 0 unspecified atom stereocenters. The zero-order chi connectivity index (χ0) is 17.5. The number of quaternary nitrogens is 1. The highest BCUT2D eigenvalue weighted by atomic mass is 35.5. The van der Waals surface area contributed by atoms with Crippen molar-refractivity contribution in [3.63, 3.8) is 0 Å². The molecule has 1 aliphatic heterocycles. The molecule has 0 aromatic heterocycles. The predicted molar refractivity (Wildman–Crippen MR) is 102 cm³/mol. The van der Waals surface area contributed by atoms with Gasteiger partial charge in [0.25, 0.3) is 5.91 Å². The van der Waals surface area contributed by atoms with E-state index in [9.17, 15) is 4.79 Å². The molecule has 1 amide bonds. The Hall–Kier alpha value is -2.04. The summed E-state index contributed by atoms with van der Waals surface area (Å²) in [4.78, 5) is 15.8. The second kappa shape index (κ2) is 8.88. The van der Waals surface area contributed by atoms with Crippen LogP contribution in [0.15, 0.2) is 54.6 Å². The molecule has 2 aromatic rings. The van der Waals surface area contributed by atoms with Crippen LogP contribution in [0.4, 0.5) is 5.69 Å². The molecule has 1 heterocycles. The normalized spacial score (nSPS) is 15.2. The second-order valence-corrected chi connectivity index (χ2v) is 6.92. The number of nitrogens with one attached hydrogen (secondary N) is 2. The van der Waals surface area contributed by atoms with Crippen LogP contribution >= 0.6 is 11.6 Å². The summed E-state index contributed by atoms with van der Waals surface area (Å²) < 4.78 is 0. The van der Waals surface area contributed by atoms with Gasteiger partial charge < -0.3 is 15.1 Å². The SMILES string of the molecule is O=C(C[NH+]1CCN(c2cccc(Cl)c2)CC1)NCCc1ccccc1. The zero-order valence-corrected chi connectivity index (χ0v) is 15.1. The third-order valence-corrected chi connectivity index (χ3v) is 4.87. The molecule has 5 heteroatoms. The van der Waals surface area contributed by atoms with Gasteiger partial charge in [0.15, 0.2) is 6.54 Å². The molecule has 1 aliphatic rings. The van der Waals surface area contributed by atoms with Gasteiger partial charge in [-0.1, -0.05) is 48.0 Å². The van der Waals surface area contributed by atoms with E-state index in [1.807, 2.05) is 36.4 Å². The average molecular weight is 359 g/mol. The van der Waals surface area contributed by atoms with Gasteiger partial charge in [-0.3, -0.25) is 4.79 Å². The molecule has 1 saturated heterocycles. The number of carbonyl (C=O) groups is 1. The van der Waals surface area contributed by atoms with Gasteiger partial charge in [0, 0.05) is 17.3 Å². The highest BCUT2D eigenvalue weighted by Gasteiger charge is 2.22. The van der Waals surface area contributed by atoms with Crippen molar-refractivity contribution in [1.82, 2.24) is 5.32 Å². The van der Waals surface area contributed by atoms with Crippen molar-refractivity contribution in [2.75, 3.05) is 44.2 Å². The Labute approximate surface area is 154 Å². The summed E-state index contributed by atoms with van der Waals surface area (Å²) >= 11 is 6.07. The van der Waals surface area contributed by atoms with E-state index in [0.29, 0.717) is 13.1 Å². The van der Waals surface area contributed by atoms with Crippen LogP contribution in [0, 0.1) is 0 Å². The number of rotatable bonds is 6. The molecule has 0 saturated carbocycles. The monoisotopic (exact) mass is 358 g/mol. The van der Waals surface area contributed by atoms with Gasteiger partial charge in [-0.15, -0.1) is 0 Å². The maximum Gasteiger partial charge on any atom is 0.275 e. The van der Waals surface area contributed by atoms with E-state index < -0.39 is 0 Å². The molecule has 0 radical (unpaired) electrons. The molecule has 3 rings (SSSR count). The quantitative estimate of drug-likeness (QED) is 0.819. The Kier molecular flexibility index (Phi) is 6.31. The maximum absolute atomic E-state index is 12.1. The number of carbonyl (C=O) groups excluding carboxylic acids is 1. The number of piperazine rings is 1. The van der Waals surface area contributed by atoms with Gasteiger partial charge >= 0.3 is 0 Å². The van der Waals surface area contributed by atoms with Gasteiger partial charge in [0.05, 0.1) is 26.2 Å². The fourth-order valence-electron chi connectivity index (χ4n) is 3.21. The smallest absolute Gasteiger partial charge is 0.275 e. The third-order valence-electron chi connectivity index (χ3n) is 4.63. The van der Waals surface area contributed by atoms with E-state index in [-0.39, 0.29) is 5.91 Å². The van der Waals surface area contributed by atoms with Crippen molar-refractivity contribution in [1.29, 1.82) is 0 Å². The summed E-state index contributed by atoms with van der Waals surface area (Å²) in [7, 11) is 0. The van der Waals surface area contributed by atoms with Crippen molar-refractivity contribution >= 4 is 23.2 Å². The topological polar surface area (TPSA) is 36.8 Å². The van der Waals surface area contributed by atoms with Crippen molar-refractivity contribution in [3.8, 4) is 0 Å². The Morgan fingerprint density at radius 3 is 2.56 bits per heavy atom. The van der Waals surface area contributed by atoms with Gasteiger partial charge in [-0.25, -0.2) is 0 Å². The number of hydrogen-bond acceptors (Lipinski definition) is 2. The molecule has 4 nitrogen and oxygen atoms in total. The standard InChI is InChI=1S/C20H24ClN3O/c21-18-7-4-8-19(15-18)24-13-11-23(12-14-24)16-20(25)22-10-9-17-5-2-1-3-6-17/h1-8,15H,9-14,16H2,(H,22,25)/p+1. The first-order valence-electron chi connectivity index (χ1n) is 8.85. The number of hydrogen-bond donors (Lipinski definition) is 2. The molecule has 0 spiro atoms. The minimum absolute atomic E-state index is 0.141. The van der Waals surface area contributed by atoms with Crippen LogP contribution in [0.5, 0.6) is 0 Å². The van der Waals surface area contributed by atoms with Crippen molar-refractivity contribution in [2.24, 2.45) is 0 Å². The molecule has 0 aliphatic carbocycles. The van der Waals surface area contributed by atoms with Crippen molar-refractivity contribution < 1.29 is 9.69 Å². The van der Waals surface area contributed by atoms with Crippen LogP contribution in [-0.2, 0) is 11.2 Å². The maximum atomic E-state index is 12.1. The van der Waals surface area contributed by atoms with E-state index in [1.165, 1.54) is 16.2 Å². The summed E-state index contributed by atoms with van der Waals surface area (Å²) in [5.41, 5.74) is 2.42. The van der Waals surface area contributed by atoms with E-state index in [0.717, 1.165) is 37.6 Å². The van der Waals surface area contributed by atoms with Gasteiger partial charge in [0.2, 0.25) is 0 Å². The van der Waals surface area contributed by atoms with Crippen molar-refractivity contribution in [3.05, 3.63) is 65.2 Å². The van der Waals surface area contributed by atoms with Crippen LogP contribution in [0.1, 0.15) is 5.56 Å². The van der Waals surface area contributed by atoms with Crippen LogP contribution in [-0.4, -0.2) is 45.2 Å². The first-order valence-corrected chi connectivity index (χ1v) is 9.23. The lowest BCUT2D eigenvalue weighted by Gasteiger charge is -2.33. The summed E-state index contributed by atoms with van der Waals surface area (Å²) in [5, 5.41) is 3.81. The number of amides is 1. The first-order chi connectivity index (χ1) is 12.2. The van der Waals surface area contributed by atoms with Crippen LogP contribution in [0.3, 0.4) is 0 Å². The largest absolute Gasteiger partial charge is 0.360 e. The molecule has 0 bridgehead atoms. The summed E-state index contributed by atoms with van der Waals surface area (Å²) in [6.07, 6.45) is 0.879. The van der Waals surface area contributed by atoms with Crippen LogP contribution < -0.4 is 15.1 Å². The fourth-order valence-corrected chi connectivity index (χ4v) is 3.40. The Morgan fingerprint density at radius 1 is 1.08 bits per heavy atom. The number of nitrogens with zero attached hydrogens (tertiary/aromatic N) is 1. The second-order valence-electron chi connectivity index (χ2n) is 6.48. The predicted octanol–water partition coefficient (Wildman–Crippen LogP) is 1.40. The molecular weight excluding hydrogens is 334 g/mol. The minimum Gasteiger partial charge on any atom is -0.360 e. The number of benzene rings is 2. The lowest BCUT2D eigenvalue weighted by molar-refractivity contribution is -0.892. The molecule has 2 N–H and O–H groups in total. The fraction of sp³-hybridized carbons (Fsp3) is 0.350. The van der Waals surface area contributed by atoms with E-state index >= 15 is 0 Å². The summed E-state index contributed by atoms with van der Waals surface area (Å²) in [6, 6.07) is 18.2. The van der Waals surface area contributed by atoms with Gasteiger partial charge in [-0.2, -0.15) is 0 Å². The van der Waals surface area contributed by atoms with E-state index in [1.54, 1.807) is 0 Å². The highest BCUT2D eigenvalue weighted by Crippen LogP contribution is 2.19. The lowest BCUT2D eigenvalue weighted by Crippen LogP contribution is -3.16. The van der Waals surface area contributed by atoms with E-state index in [2.05, 4.69) is 28.4 Å². The minimum atomic E-state index is 0.141. The molecule has 1 fully saturated rings. The van der Waals surface area contributed by atoms with Crippen molar-refractivity contribution in [2.45, 2.75) is 6.42 Å². The third kappa shape index (κ3) is 5.48. The van der Waals surface area contributed by atoms with E-state index in [4.69, 9.17) is 11.6 Å². The highest BCUT2D eigenvalue weighted by molar-refractivity contribution is 6.30. The zero-order valence-electron chi connectivity index (χ0n) is 14.4. The summed E-state index contributed by atoms with van der Waals surface area (Å²) in [6.45, 7) is 5.10. The number of anilines is 1. The van der Waals surface area contributed by atoms with Crippen LogP contribution in [0.2, 0.25) is 5.02 Å². The molecule has 25 heavy (non-hydrogen) atoms. The first kappa shape index (κ1) is 17.8. The Balaban J connectivity index is 1.37. The Bertz CT molecular complexity index is 684. The average Bonchev–Trinajstić information content (AvgIpc) is 2.63. The summed E-state index contributed by atoms with van der Waals surface area (Å²) in [5.74, 6) is 0.141. The molecule has 0 atom stereocenters. The molecule has 132 valence electrons. The van der Waals surface area contributed by atoms with Gasteiger partial charge in [-0.05, 0) is 30.2 Å². The van der Waals surface area contributed by atoms with Gasteiger partial charge in [0.1, 0.15) is 0 Å². The molecular formula is C20H25ClN3O+. The molecule has 2 aromatic carbocycles. The Morgan fingerprint density at radius 2 is 1.84 bits per heavy atom. The number of halogens is 1. The van der Waals surface area contributed by atoms with Crippen LogP contribution in [0.25, 0.3) is 0 Å². The lowest BCUT2D eigenvalue weighted by atomic mass is 10.1.